The fraction of sp³-hybridized carbons (Fsp3) is 0.452. The van der Waals surface area contributed by atoms with Crippen molar-refractivity contribution in [1.82, 2.24) is 29.9 Å². The molecular weight excluding hydrogens is 520 g/mol. The van der Waals surface area contributed by atoms with E-state index in [2.05, 4.69) is 29.2 Å². The smallest absolute Gasteiger partial charge is 0.257 e. The Hall–Kier alpha value is -4.21. The highest BCUT2D eigenvalue weighted by molar-refractivity contribution is 5.95. The Kier molecular flexibility index (Phi) is 6.79. The molecular formula is C31H36N6O4. The molecule has 1 aromatic carbocycles. The summed E-state index contributed by atoms with van der Waals surface area (Å²) in [6.07, 6.45) is 4.24. The Balaban J connectivity index is 1.16. The number of nitrogens with one attached hydrogen (secondary N) is 1. The van der Waals surface area contributed by atoms with Crippen LogP contribution in [0.4, 0.5) is 0 Å². The van der Waals surface area contributed by atoms with Crippen molar-refractivity contribution < 1.29 is 19.1 Å². The Morgan fingerprint density at radius 3 is 2.44 bits per heavy atom. The number of rotatable bonds is 8. The van der Waals surface area contributed by atoms with Crippen molar-refractivity contribution >= 4 is 17.7 Å². The quantitative estimate of drug-likeness (QED) is 0.457. The highest BCUT2D eigenvalue weighted by Crippen LogP contribution is 2.54. The lowest BCUT2D eigenvalue weighted by Gasteiger charge is -2.50. The molecule has 0 unspecified atom stereocenters. The van der Waals surface area contributed by atoms with Gasteiger partial charge in [0.15, 0.2) is 0 Å². The summed E-state index contributed by atoms with van der Waals surface area (Å²) >= 11 is 0. The van der Waals surface area contributed by atoms with Crippen LogP contribution in [0.15, 0.2) is 60.9 Å². The average molecular weight is 557 g/mol. The number of ether oxygens (including phenoxy) is 1. The summed E-state index contributed by atoms with van der Waals surface area (Å²) in [7, 11) is 1.55. The van der Waals surface area contributed by atoms with Gasteiger partial charge in [-0.1, -0.05) is 50.2 Å². The van der Waals surface area contributed by atoms with Gasteiger partial charge in [-0.2, -0.15) is 5.10 Å². The zero-order valence-electron chi connectivity index (χ0n) is 23.7. The first-order valence-corrected chi connectivity index (χ1v) is 14.1. The molecule has 10 nitrogen and oxygen atoms in total. The highest BCUT2D eigenvalue weighted by Gasteiger charge is 2.61. The molecule has 2 aromatic heterocycles. The molecule has 214 valence electrons. The predicted octanol–water partition coefficient (Wildman–Crippen LogP) is 2.60. The number of likely N-dealkylation sites (tertiary alicyclic amines) is 2. The number of carbonyl (C=O) groups excluding carboxylic acids is 3. The third-order valence-corrected chi connectivity index (χ3v) is 8.89. The Morgan fingerprint density at radius 1 is 1.00 bits per heavy atom. The van der Waals surface area contributed by atoms with Crippen molar-refractivity contribution in [3.05, 3.63) is 77.7 Å². The van der Waals surface area contributed by atoms with Gasteiger partial charge < -0.3 is 19.9 Å². The molecule has 6 rings (SSSR count). The molecule has 4 heterocycles. The van der Waals surface area contributed by atoms with E-state index in [9.17, 15) is 14.4 Å². The van der Waals surface area contributed by atoms with Gasteiger partial charge in [0.1, 0.15) is 0 Å². The summed E-state index contributed by atoms with van der Waals surface area (Å²) in [5.74, 6) is -0.0409. The molecule has 1 N–H and O–H groups in total. The lowest BCUT2D eigenvalue weighted by Crippen LogP contribution is -2.64. The van der Waals surface area contributed by atoms with Crippen LogP contribution in [-0.2, 0) is 22.7 Å². The van der Waals surface area contributed by atoms with E-state index in [0.29, 0.717) is 43.3 Å². The third-order valence-electron chi connectivity index (χ3n) is 8.89. The number of aromatic nitrogens is 3. The van der Waals surface area contributed by atoms with E-state index in [1.165, 1.54) is 0 Å². The first kappa shape index (κ1) is 27.0. The van der Waals surface area contributed by atoms with Gasteiger partial charge in [0.2, 0.25) is 17.7 Å². The lowest BCUT2D eigenvalue weighted by atomic mass is 9.71. The first-order valence-electron chi connectivity index (χ1n) is 14.1. The van der Waals surface area contributed by atoms with Crippen molar-refractivity contribution in [2.24, 2.45) is 22.7 Å². The maximum atomic E-state index is 13.6. The Bertz CT molecular complexity index is 1460. The van der Waals surface area contributed by atoms with Crippen molar-refractivity contribution in [3.63, 3.8) is 0 Å². The van der Waals surface area contributed by atoms with Crippen LogP contribution in [0.3, 0.4) is 0 Å². The van der Waals surface area contributed by atoms with Crippen molar-refractivity contribution in [3.8, 4) is 5.88 Å². The van der Waals surface area contributed by atoms with E-state index < -0.39 is 11.3 Å². The average Bonchev–Trinajstić information content (AvgIpc) is 3.27. The summed E-state index contributed by atoms with van der Waals surface area (Å²) < 4.78 is 6.95. The standard InChI is InChI=1S/C31H36N6O4/c1-30(2)12-24(30)29(40)36-19-31(20-36)18-35(17-25(31)27(38)32-14-23-10-7-11-26(34-23)41-3)28(39)22-13-33-37(16-22)15-21-8-5-4-6-9-21/h4-11,13,16,24-25H,12,14-15,17-20H2,1-3H3,(H,32,38)/t24-,25-/m1/s1. The Morgan fingerprint density at radius 2 is 1.73 bits per heavy atom. The molecule has 1 saturated carbocycles. The van der Waals surface area contributed by atoms with Crippen LogP contribution in [0, 0.1) is 22.7 Å². The summed E-state index contributed by atoms with van der Waals surface area (Å²) in [5.41, 5.74) is 1.83. The van der Waals surface area contributed by atoms with Gasteiger partial charge in [-0.3, -0.25) is 19.1 Å². The van der Waals surface area contributed by atoms with Gasteiger partial charge in [-0.15, -0.1) is 0 Å². The second kappa shape index (κ2) is 10.3. The van der Waals surface area contributed by atoms with E-state index in [4.69, 9.17) is 4.74 Å². The van der Waals surface area contributed by atoms with Crippen LogP contribution in [0.1, 0.15) is 41.9 Å². The summed E-state index contributed by atoms with van der Waals surface area (Å²) in [5, 5.41) is 7.42. The van der Waals surface area contributed by atoms with Crippen LogP contribution in [-0.4, -0.2) is 75.6 Å². The predicted molar refractivity (Wildman–Crippen MR) is 151 cm³/mol. The number of hydrogen-bond acceptors (Lipinski definition) is 6. The molecule has 1 spiro atoms. The van der Waals surface area contributed by atoms with Crippen molar-refractivity contribution in [2.45, 2.75) is 33.4 Å². The van der Waals surface area contributed by atoms with Gasteiger partial charge in [0, 0.05) is 49.8 Å². The van der Waals surface area contributed by atoms with Crippen molar-refractivity contribution in [2.75, 3.05) is 33.3 Å². The van der Waals surface area contributed by atoms with E-state index in [0.717, 1.165) is 12.0 Å². The fourth-order valence-corrected chi connectivity index (χ4v) is 6.27. The summed E-state index contributed by atoms with van der Waals surface area (Å²) in [4.78, 5) is 48.3. The molecule has 2 atom stereocenters. The van der Waals surface area contributed by atoms with Gasteiger partial charge >= 0.3 is 0 Å². The normalized spacial score (nSPS) is 21.8. The fourth-order valence-electron chi connectivity index (χ4n) is 6.27. The molecule has 0 radical (unpaired) electrons. The number of methoxy groups -OCH3 is 1. The number of nitrogens with zero attached hydrogens (tertiary/aromatic N) is 5. The topological polar surface area (TPSA) is 110 Å². The molecule has 41 heavy (non-hydrogen) atoms. The molecule has 2 aliphatic heterocycles. The SMILES string of the molecule is COc1cccc(CNC(=O)[C@H]2CN(C(=O)c3cnn(Cc4ccccc4)c3)CC23CN(C(=O)[C@H]2CC2(C)C)C3)n1. The first-order chi connectivity index (χ1) is 19.7. The van der Waals surface area contributed by atoms with Crippen LogP contribution < -0.4 is 10.1 Å². The molecule has 3 aromatic rings. The number of carbonyl (C=O) groups is 3. The maximum Gasteiger partial charge on any atom is 0.257 e. The highest BCUT2D eigenvalue weighted by atomic mass is 16.5. The third kappa shape index (κ3) is 5.30. The van der Waals surface area contributed by atoms with Crippen molar-refractivity contribution in [1.29, 1.82) is 0 Å². The number of amides is 3. The monoisotopic (exact) mass is 556 g/mol. The van der Waals surface area contributed by atoms with Gasteiger partial charge in [-0.25, -0.2) is 4.98 Å². The largest absolute Gasteiger partial charge is 0.481 e. The molecule has 3 amide bonds. The minimum atomic E-state index is -0.476. The lowest BCUT2D eigenvalue weighted by molar-refractivity contribution is -0.151. The molecule has 1 aliphatic carbocycles. The molecule has 0 bridgehead atoms. The van der Waals surface area contributed by atoms with E-state index in [-0.39, 0.29) is 42.1 Å². The second-order valence-corrected chi connectivity index (χ2v) is 12.3. The minimum absolute atomic E-state index is 0.0396. The summed E-state index contributed by atoms with van der Waals surface area (Å²) in [6.45, 7) is 6.71. The second-order valence-electron chi connectivity index (χ2n) is 12.3. The summed E-state index contributed by atoms with van der Waals surface area (Å²) in [6, 6.07) is 15.4. The Labute approximate surface area is 239 Å². The van der Waals surface area contributed by atoms with Crippen LogP contribution in [0.2, 0.25) is 0 Å². The van der Waals surface area contributed by atoms with Crippen LogP contribution in [0.5, 0.6) is 5.88 Å². The van der Waals surface area contributed by atoms with Gasteiger partial charge in [0.05, 0.1) is 43.6 Å². The van der Waals surface area contributed by atoms with E-state index in [1.807, 2.05) is 47.4 Å². The van der Waals surface area contributed by atoms with Crippen LogP contribution >= 0.6 is 0 Å². The molecule has 10 heteroatoms. The molecule has 3 fully saturated rings. The minimum Gasteiger partial charge on any atom is -0.481 e. The zero-order valence-corrected chi connectivity index (χ0v) is 23.7. The van der Waals surface area contributed by atoms with E-state index in [1.54, 1.807) is 35.2 Å². The van der Waals surface area contributed by atoms with Gasteiger partial charge in [0.25, 0.3) is 5.91 Å². The zero-order chi connectivity index (χ0) is 28.8. The number of hydrogen-bond donors (Lipinski definition) is 1. The van der Waals surface area contributed by atoms with Gasteiger partial charge in [-0.05, 0) is 23.5 Å². The number of benzene rings is 1. The van der Waals surface area contributed by atoms with Crippen LogP contribution in [0.25, 0.3) is 0 Å². The molecule has 3 aliphatic rings. The number of pyridine rings is 1. The van der Waals surface area contributed by atoms with E-state index >= 15 is 0 Å². The maximum absolute atomic E-state index is 13.6. The molecule has 2 saturated heterocycles.